The van der Waals surface area contributed by atoms with Crippen LogP contribution in [0, 0.1) is 17.2 Å². The van der Waals surface area contributed by atoms with Gasteiger partial charge >= 0.3 is 0 Å². The van der Waals surface area contributed by atoms with Crippen LogP contribution in [0.2, 0.25) is 0 Å². The highest BCUT2D eigenvalue weighted by Gasteiger charge is 2.25. The van der Waals surface area contributed by atoms with Crippen molar-refractivity contribution in [1.82, 2.24) is 0 Å². The first-order valence-electron chi connectivity index (χ1n) is 4.19. The standard InChI is InChI=1S/C10H7BrN2O/c11-8-1-2-9-6(4-8)3-7(5-12)10(14)13-9/h1-2,4,7H,3H2,(H,13,14). The second-order valence-electron chi connectivity index (χ2n) is 3.18. The second kappa shape index (κ2) is 3.43. The Morgan fingerprint density at radius 3 is 3.07 bits per heavy atom. The number of anilines is 1. The van der Waals surface area contributed by atoms with E-state index >= 15 is 0 Å². The summed E-state index contributed by atoms with van der Waals surface area (Å²) in [6.07, 6.45) is 0.497. The van der Waals surface area contributed by atoms with Crippen molar-refractivity contribution in [3.8, 4) is 6.07 Å². The minimum Gasteiger partial charge on any atom is -0.325 e. The summed E-state index contributed by atoms with van der Waals surface area (Å²) in [5.74, 6) is -0.765. The van der Waals surface area contributed by atoms with Gasteiger partial charge in [0.1, 0.15) is 5.92 Å². The number of halogens is 1. The van der Waals surface area contributed by atoms with E-state index in [4.69, 9.17) is 5.26 Å². The maximum absolute atomic E-state index is 11.3. The molecular weight excluding hydrogens is 244 g/mol. The predicted molar refractivity (Wildman–Crippen MR) is 55.6 cm³/mol. The van der Waals surface area contributed by atoms with Crippen molar-refractivity contribution >= 4 is 27.5 Å². The molecule has 14 heavy (non-hydrogen) atoms. The van der Waals surface area contributed by atoms with Crippen LogP contribution in [0.5, 0.6) is 0 Å². The van der Waals surface area contributed by atoms with E-state index in [-0.39, 0.29) is 5.91 Å². The van der Waals surface area contributed by atoms with Crippen molar-refractivity contribution in [3.05, 3.63) is 28.2 Å². The van der Waals surface area contributed by atoms with Crippen LogP contribution in [0.25, 0.3) is 0 Å². The molecule has 0 fully saturated rings. The third-order valence-electron chi connectivity index (χ3n) is 2.22. The lowest BCUT2D eigenvalue weighted by Gasteiger charge is -2.20. The second-order valence-corrected chi connectivity index (χ2v) is 4.09. The normalized spacial score (nSPS) is 19.4. The molecule has 1 aliphatic heterocycles. The number of amides is 1. The van der Waals surface area contributed by atoms with Crippen LogP contribution >= 0.6 is 15.9 Å². The van der Waals surface area contributed by atoms with E-state index in [1.807, 2.05) is 24.3 Å². The molecule has 1 heterocycles. The fourth-order valence-electron chi connectivity index (χ4n) is 1.49. The van der Waals surface area contributed by atoms with Crippen LogP contribution in [0.15, 0.2) is 22.7 Å². The highest BCUT2D eigenvalue weighted by Crippen LogP contribution is 2.27. The van der Waals surface area contributed by atoms with Crippen LogP contribution in [-0.2, 0) is 11.2 Å². The van der Waals surface area contributed by atoms with Gasteiger partial charge in [0.05, 0.1) is 6.07 Å². The van der Waals surface area contributed by atoms with Gasteiger partial charge in [-0.2, -0.15) is 5.26 Å². The third kappa shape index (κ3) is 1.51. The largest absolute Gasteiger partial charge is 0.325 e. The molecule has 3 nitrogen and oxygen atoms in total. The fourth-order valence-corrected chi connectivity index (χ4v) is 1.90. The molecule has 1 N–H and O–H groups in total. The molecule has 1 amide bonds. The van der Waals surface area contributed by atoms with Crippen molar-refractivity contribution in [2.24, 2.45) is 5.92 Å². The van der Waals surface area contributed by atoms with E-state index in [2.05, 4.69) is 21.2 Å². The zero-order valence-electron chi connectivity index (χ0n) is 7.25. The highest BCUT2D eigenvalue weighted by molar-refractivity contribution is 9.10. The Morgan fingerprint density at radius 2 is 2.36 bits per heavy atom. The summed E-state index contributed by atoms with van der Waals surface area (Å²) in [6.45, 7) is 0. The lowest BCUT2D eigenvalue weighted by Crippen LogP contribution is -2.28. The first-order valence-corrected chi connectivity index (χ1v) is 4.99. The Morgan fingerprint density at radius 1 is 1.57 bits per heavy atom. The number of hydrogen-bond donors (Lipinski definition) is 1. The van der Waals surface area contributed by atoms with Crippen molar-refractivity contribution < 1.29 is 4.79 Å². The first-order chi connectivity index (χ1) is 6.70. The van der Waals surface area contributed by atoms with Crippen molar-refractivity contribution in [1.29, 1.82) is 5.26 Å². The Hall–Kier alpha value is -1.34. The number of fused-ring (bicyclic) bond motifs is 1. The number of carbonyl (C=O) groups excluding carboxylic acids is 1. The van der Waals surface area contributed by atoms with Crippen LogP contribution in [0.4, 0.5) is 5.69 Å². The van der Waals surface area contributed by atoms with Crippen LogP contribution in [-0.4, -0.2) is 5.91 Å². The molecule has 0 aliphatic carbocycles. The Bertz CT molecular complexity index is 436. The summed E-state index contributed by atoms with van der Waals surface area (Å²) in [5.41, 5.74) is 1.82. The number of nitrogens with zero attached hydrogens (tertiary/aromatic N) is 1. The molecular formula is C10H7BrN2O. The average Bonchev–Trinajstić information content (AvgIpc) is 2.17. The smallest absolute Gasteiger partial charge is 0.242 e. The lowest BCUT2D eigenvalue weighted by atomic mass is 9.94. The van der Waals surface area contributed by atoms with Gasteiger partial charge in [0, 0.05) is 10.2 Å². The Labute approximate surface area is 89.9 Å². The van der Waals surface area contributed by atoms with Gasteiger partial charge in [0.25, 0.3) is 0 Å². The molecule has 0 saturated carbocycles. The topological polar surface area (TPSA) is 52.9 Å². The highest BCUT2D eigenvalue weighted by atomic mass is 79.9. The van der Waals surface area contributed by atoms with Gasteiger partial charge in [-0.3, -0.25) is 4.79 Å². The Kier molecular flexibility index (Phi) is 2.26. The monoisotopic (exact) mass is 250 g/mol. The van der Waals surface area contributed by atoms with Gasteiger partial charge in [0.15, 0.2) is 0 Å². The molecule has 0 bridgehead atoms. The zero-order valence-corrected chi connectivity index (χ0v) is 8.84. The maximum atomic E-state index is 11.3. The summed E-state index contributed by atoms with van der Waals surface area (Å²) in [7, 11) is 0. The van der Waals surface area contributed by atoms with E-state index in [0.29, 0.717) is 6.42 Å². The fraction of sp³-hybridized carbons (Fsp3) is 0.200. The average molecular weight is 251 g/mol. The lowest BCUT2D eigenvalue weighted by molar-refractivity contribution is -0.118. The number of carbonyl (C=O) groups is 1. The summed E-state index contributed by atoms with van der Waals surface area (Å²) >= 11 is 3.35. The molecule has 0 radical (unpaired) electrons. The molecule has 0 spiro atoms. The SMILES string of the molecule is N#CC1Cc2cc(Br)ccc2NC1=O. The maximum Gasteiger partial charge on any atom is 0.242 e. The van der Waals surface area contributed by atoms with E-state index in [9.17, 15) is 4.79 Å². The molecule has 1 atom stereocenters. The molecule has 1 aliphatic rings. The minimum absolute atomic E-state index is 0.206. The first kappa shape index (κ1) is 9.22. The van der Waals surface area contributed by atoms with Crippen molar-refractivity contribution in [3.63, 3.8) is 0 Å². The molecule has 1 unspecified atom stereocenters. The van der Waals surface area contributed by atoms with Gasteiger partial charge in [-0.1, -0.05) is 15.9 Å². The van der Waals surface area contributed by atoms with E-state index in [1.54, 1.807) is 0 Å². The van der Waals surface area contributed by atoms with Gasteiger partial charge in [-0.15, -0.1) is 0 Å². The summed E-state index contributed by atoms with van der Waals surface area (Å²) < 4.78 is 0.962. The molecule has 2 rings (SSSR count). The van der Waals surface area contributed by atoms with Crippen LogP contribution < -0.4 is 5.32 Å². The third-order valence-corrected chi connectivity index (χ3v) is 2.71. The van der Waals surface area contributed by atoms with Gasteiger partial charge in [-0.25, -0.2) is 0 Å². The van der Waals surface area contributed by atoms with Crippen LogP contribution in [0.3, 0.4) is 0 Å². The van der Waals surface area contributed by atoms with E-state index in [1.165, 1.54) is 0 Å². The predicted octanol–water partition coefficient (Wildman–Crippen LogP) is 2.08. The van der Waals surface area contributed by atoms with Crippen LogP contribution in [0.1, 0.15) is 5.56 Å². The van der Waals surface area contributed by atoms with Gasteiger partial charge in [0.2, 0.25) is 5.91 Å². The summed E-state index contributed by atoms with van der Waals surface area (Å²) in [5, 5.41) is 11.4. The van der Waals surface area contributed by atoms with Gasteiger partial charge < -0.3 is 5.32 Å². The molecule has 1 aromatic carbocycles. The summed E-state index contributed by atoms with van der Waals surface area (Å²) in [4.78, 5) is 11.3. The zero-order chi connectivity index (χ0) is 10.1. The molecule has 70 valence electrons. The van der Waals surface area contributed by atoms with Gasteiger partial charge in [-0.05, 0) is 30.2 Å². The molecule has 0 aromatic heterocycles. The number of hydrogen-bond acceptors (Lipinski definition) is 2. The molecule has 1 aromatic rings. The van der Waals surface area contributed by atoms with E-state index in [0.717, 1.165) is 15.7 Å². The quantitative estimate of drug-likeness (QED) is 0.767. The van der Waals surface area contributed by atoms with Crippen molar-refractivity contribution in [2.45, 2.75) is 6.42 Å². The number of rotatable bonds is 0. The molecule has 4 heteroatoms. The number of nitriles is 1. The minimum atomic E-state index is -0.559. The molecule has 0 saturated heterocycles. The summed E-state index contributed by atoms with van der Waals surface area (Å²) in [6, 6.07) is 7.62. The van der Waals surface area contributed by atoms with E-state index < -0.39 is 5.92 Å². The number of nitrogens with one attached hydrogen (secondary N) is 1. The van der Waals surface area contributed by atoms with Crippen molar-refractivity contribution in [2.75, 3.05) is 5.32 Å². The number of benzene rings is 1. The Balaban J connectivity index is 2.42.